The van der Waals surface area contributed by atoms with Crippen molar-refractivity contribution in [2.45, 2.75) is 19.0 Å². The van der Waals surface area contributed by atoms with Gasteiger partial charge in [0.15, 0.2) is 9.84 Å². The van der Waals surface area contributed by atoms with Crippen molar-refractivity contribution in [3.8, 4) is 5.75 Å². The fourth-order valence-electron chi connectivity index (χ4n) is 3.84. The molecular formula is C17H24N2O5S. The van der Waals surface area contributed by atoms with Crippen LogP contribution >= 0.6 is 0 Å². The van der Waals surface area contributed by atoms with Gasteiger partial charge in [0, 0.05) is 31.2 Å². The quantitative estimate of drug-likeness (QED) is 0.800. The van der Waals surface area contributed by atoms with Crippen LogP contribution in [0.5, 0.6) is 5.75 Å². The maximum Gasteiger partial charge on any atom is 0.254 e. The molecule has 0 radical (unpaired) electrons. The Morgan fingerprint density at radius 2 is 2.00 bits per heavy atom. The van der Waals surface area contributed by atoms with Gasteiger partial charge in [0.05, 0.1) is 31.3 Å². The highest BCUT2D eigenvalue weighted by Gasteiger charge is 2.48. The van der Waals surface area contributed by atoms with Crippen LogP contribution in [0.25, 0.3) is 0 Å². The van der Waals surface area contributed by atoms with Crippen LogP contribution in [0.1, 0.15) is 15.9 Å². The number of fused-ring (bicyclic) bond motifs is 1. The highest BCUT2D eigenvalue weighted by Crippen LogP contribution is 2.29. The van der Waals surface area contributed by atoms with Crippen molar-refractivity contribution in [1.29, 1.82) is 0 Å². The lowest BCUT2D eigenvalue weighted by Crippen LogP contribution is -2.61. The molecule has 2 atom stereocenters. The van der Waals surface area contributed by atoms with Gasteiger partial charge in [-0.15, -0.1) is 0 Å². The van der Waals surface area contributed by atoms with Gasteiger partial charge in [-0.25, -0.2) is 8.42 Å². The van der Waals surface area contributed by atoms with Gasteiger partial charge in [0.2, 0.25) is 0 Å². The molecule has 8 heteroatoms. The van der Waals surface area contributed by atoms with Gasteiger partial charge in [-0.3, -0.25) is 9.69 Å². The molecule has 2 saturated heterocycles. The Balaban J connectivity index is 1.88. The van der Waals surface area contributed by atoms with E-state index in [1.165, 1.54) is 0 Å². The van der Waals surface area contributed by atoms with Gasteiger partial charge in [-0.1, -0.05) is 0 Å². The summed E-state index contributed by atoms with van der Waals surface area (Å²) in [5.74, 6) is 0.572. The summed E-state index contributed by atoms with van der Waals surface area (Å²) in [5, 5.41) is 9.22. The molecule has 1 N–H and O–H groups in total. The van der Waals surface area contributed by atoms with Gasteiger partial charge in [-0.05, 0) is 30.7 Å². The number of hydrogen-bond acceptors (Lipinski definition) is 6. The fraction of sp³-hybridized carbons (Fsp3) is 0.588. The molecule has 1 amide bonds. The second-order valence-electron chi connectivity index (χ2n) is 6.65. The van der Waals surface area contributed by atoms with E-state index in [-0.39, 0.29) is 36.1 Å². The van der Waals surface area contributed by atoms with Crippen molar-refractivity contribution >= 4 is 15.7 Å². The van der Waals surface area contributed by atoms with E-state index in [1.54, 1.807) is 30.2 Å². The number of methoxy groups -OCH3 is 1. The average Bonchev–Trinajstić information content (AvgIpc) is 2.90. The molecule has 0 saturated carbocycles. The number of ether oxygens (including phenoxy) is 1. The molecule has 0 aliphatic carbocycles. The number of aliphatic hydroxyl groups excluding tert-OH is 1. The summed E-state index contributed by atoms with van der Waals surface area (Å²) in [6, 6.07) is 4.67. The molecule has 0 unspecified atom stereocenters. The fourth-order valence-corrected chi connectivity index (χ4v) is 5.85. The molecular weight excluding hydrogens is 344 g/mol. The predicted octanol–water partition coefficient (Wildman–Crippen LogP) is -0.0807. The standard InChI is InChI=1S/C17H24N2O5S/c1-12-9-13(24-2)3-4-14(12)17(21)19-6-5-18(7-8-20)15-10-25(22,23)11-16(15)19/h3-4,9,15-16,20H,5-8,10-11H2,1-2H3/t15-,16+/m1/s1. The Morgan fingerprint density at radius 3 is 2.64 bits per heavy atom. The summed E-state index contributed by atoms with van der Waals surface area (Å²) < 4.78 is 29.5. The Hall–Kier alpha value is -1.64. The number of nitrogens with zero attached hydrogens (tertiary/aromatic N) is 2. The Labute approximate surface area is 148 Å². The summed E-state index contributed by atoms with van der Waals surface area (Å²) in [5.41, 5.74) is 1.37. The molecule has 1 aromatic carbocycles. The number of hydrogen-bond donors (Lipinski definition) is 1. The van der Waals surface area contributed by atoms with Crippen molar-refractivity contribution in [1.82, 2.24) is 9.80 Å². The molecule has 138 valence electrons. The van der Waals surface area contributed by atoms with E-state index in [0.29, 0.717) is 30.9 Å². The van der Waals surface area contributed by atoms with Crippen molar-refractivity contribution in [3.05, 3.63) is 29.3 Å². The number of aliphatic hydroxyl groups is 1. The first-order valence-corrected chi connectivity index (χ1v) is 10.2. The predicted molar refractivity (Wildman–Crippen MR) is 93.7 cm³/mol. The summed E-state index contributed by atoms with van der Waals surface area (Å²) in [4.78, 5) is 16.7. The van der Waals surface area contributed by atoms with Gasteiger partial charge >= 0.3 is 0 Å². The zero-order valence-corrected chi connectivity index (χ0v) is 15.3. The minimum atomic E-state index is -3.19. The summed E-state index contributed by atoms with van der Waals surface area (Å²) in [6.45, 7) is 3.29. The van der Waals surface area contributed by atoms with Crippen molar-refractivity contribution < 1.29 is 23.1 Å². The number of piperazine rings is 1. The minimum Gasteiger partial charge on any atom is -0.497 e. The average molecular weight is 368 g/mol. The maximum atomic E-state index is 13.1. The molecule has 0 bridgehead atoms. The van der Waals surface area contributed by atoms with E-state index >= 15 is 0 Å². The zero-order chi connectivity index (χ0) is 18.2. The van der Waals surface area contributed by atoms with E-state index in [2.05, 4.69) is 0 Å². The first-order valence-electron chi connectivity index (χ1n) is 8.37. The zero-order valence-electron chi connectivity index (χ0n) is 14.5. The molecule has 2 heterocycles. The molecule has 3 rings (SSSR count). The number of benzene rings is 1. The van der Waals surface area contributed by atoms with Crippen LogP contribution in [0.4, 0.5) is 0 Å². The van der Waals surface area contributed by atoms with Crippen LogP contribution in [0, 0.1) is 6.92 Å². The second kappa shape index (κ2) is 6.93. The lowest BCUT2D eigenvalue weighted by Gasteiger charge is -2.43. The number of rotatable bonds is 4. The first-order chi connectivity index (χ1) is 11.9. The van der Waals surface area contributed by atoms with Crippen LogP contribution in [0.3, 0.4) is 0 Å². The largest absolute Gasteiger partial charge is 0.497 e. The molecule has 2 aliphatic rings. The van der Waals surface area contributed by atoms with E-state index in [0.717, 1.165) is 5.56 Å². The van der Waals surface area contributed by atoms with E-state index < -0.39 is 9.84 Å². The van der Waals surface area contributed by atoms with Crippen LogP contribution in [0.15, 0.2) is 18.2 Å². The third kappa shape index (κ3) is 3.51. The van der Waals surface area contributed by atoms with E-state index in [4.69, 9.17) is 4.74 Å². The van der Waals surface area contributed by atoms with Crippen molar-refractivity contribution in [3.63, 3.8) is 0 Å². The third-order valence-electron chi connectivity index (χ3n) is 5.10. The summed E-state index contributed by atoms with van der Waals surface area (Å²) in [6.07, 6.45) is 0. The van der Waals surface area contributed by atoms with E-state index in [9.17, 15) is 18.3 Å². The SMILES string of the molecule is COc1ccc(C(=O)N2CCN(CCO)[C@@H]3CS(=O)(=O)C[C@@H]32)c(C)c1. The molecule has 2 aliphatic heterocycles. The second-order valence-corrected chi connectivity index (χ2v) is 8.80. The lowest BCUT2D eigenvalue weighted by molar-refractivity contribution is 0.0281. The summed E-state index contributed by atoms with van der Waals surface area (Å²) in [7, 11) is -1.61. The molecule has 2 fully saturated rings. The molecule has 1 aromatic rings. The molecule has 25 heavy (non-hydrogen) atoms. The highest BCUT2D eigenvalue weighted by molar-refractivity contribution is 7.91. The molecule has 7 nitrogen and oxygen atoms in total. The Morgan fingerprint density at radius 1 is 1.28 bits per heavy atom. The van der Waals surface area contributed by atoms with Gasteiger partial charge < -0.3 is 14.7 Å². The number of carbonyl (C=O) groups excluding carboxylic acids is 1. The lowest BCUT2D eigenvalue weighted by atomic mass is 10.0. The topological polar surface area (TPSA) is 87.2 Å². The number of carbonyl (C=O) groups is 1. The number of amides is 1. The van der Waals surface area contributed by atoms with Gasteiger partial charge in [0.1, 0.15) is 5.75 Å². The van der Waals surface area contributed by atoms with Gasteiger partial charge in [-0.2, -0.15) is 0 Å². The normalized spacial score (nSPS) is 25.6. The van der Waals surface area contributed by atoms with Gasteiger partial charge in [0.25, 0.3) is 5.91 Å². The Kier molecular flexibility index (Phi) is 5.04. The van der Waals surface area contributed by atoms with Crippen molar-refractivity contribution in [2.75, 3.05) is 44.9 Å². The van der Waals surface area contributed by atoms with Crippen LogP contribution in [0.2, 0.25) is 0 Å². The van der Waals surface area contributed by atoms with Crippen molar-refractivity contribution in [2.24, 2.45) is 0 Å². The molecule has 0 aromatic heterocycles. The smallest absolute Gasteiger partial charge is 0.254 e. The third-order valence-corrected chi connectivity index (χ3v) is 6.80. The highest BCUT2D eigenvalue weighted by atomic mass is 32.2. The van der Waals surface area contributed by atoms with Crippen LogP contribution < -0.4 is 4.74 Å². The number of sulfone groups is 1. The van der Waals surface area contributed by atoms with Crippen LogP contribution in [-0.4, -0.2) is 86.2 Å². The number of β-amino-alcohol motifs (C(OH)–C–C–N with tert-alkyl or cyclic N) is 1. The summed E-state index contributed by atoms with van der Waals surface area (Å²) >= 11 is 0. The van der Waals surface area contributed by atoms with Crippen LogP contribution in [-0.2, 0) is 9.84 Å². The van der Waals surface area contributed by atoms with E-state index in [1.807, 2.05) is 11.8 Å². The Bertz CT molecular complexity index is 764. The first kappa shape index (κ1) is 18.2. The number of aryl methyl sites for hydroxylation is 1. The monoisotopic (exact) mass is 368 g/mol. The maximum absolute atomic E-state index is 13.1. The molecule has 0 spiro atoms. The minimum absolute atomic E-state index is 0.0134.